The summed E-state index contributed by atoms with van der Waals surface area (Å²) in [5, 5.41) is 4.96. The molecule has 0 aliphatic carbocycles. The number of oxime groups is 1. The summed E-state index contributed by atoms with van der Waals surface area (Å²) in [7, 11) is 1.53. The van der Waals surface area contributed by atoms with Crippen molar-refractivity contribution in [2.75, 3.05) is 19.5 Å². The van der Waals surface area contributed by atoms with Gasteiger partial charge in [0.2, 0.25) is 0 Å². The van der Waals surface area contributed by atoms with Crippen LogP contribution in [0.5, 0.6) is 0 Å². The Kier molecular flexibility index (Phi) is 4.82. The van der Waals surface area contributed by atoms with E-state index in [1.54, 1.807) is 6.21 Å². The standard InChI is InChI=1S/C19H21N3O2/c1-3-24-12-13-9-15-16(11-21-23-2)18(14-7-5-4-6-8-14)22-19(15)17(20)10-13/h4-11,22H,3,12,20H2,1-2H3/b21-11+. The average molecular weight is 323 g/mol. The molecule has 3 N–H and O–H groups in total. The summed E-state index contributed by atoms with van der Waals surface area (Å²) >= 11 is 0. The van der Waals surface area contributed by atoms with Crippen LogP contribution in [0.1, 0.15) is 18.1 Å². The molecular formula is C19H21N3O2. The molecule has 0 bridgehead atoms. The van der Waals surface area contributed by atoms with Crippen LogP contribution in [0.2, 0.25) is 0 Å². The quantitative estimate of drug-likeness (QED) is 0.410. The van der Waals surface area contributed by atoms with E-state index in [1.165, 1.54) is 7.11 Å². The third kappa shape index (κ3) is 3.12. The molecule has 0 saturated carbocycles. The molecule has 0 radical (unpaired) electrons. The van der Waals surface area contributed by atoms with Gasteiger partial charge in [0.25, 0.3) is 0 Å². The summed E-state index contributed by atoms with van der Waals surface area (Å²) < 4.78 is 5.51. The van der Waals surface area contributed by atoms with Gasteiger partial charge >= 0.3 is 0 Å². The molecular weight excluding hydrogens is 302 g/mol. The van der Waals surface area contributed by atoms with Crippen LogP contribution in [0, 0.1) is 0 Å². The second-order valence-electron chi connectivity index (χ2n) is 5.44. The van der Waals surface area contributed by atoms with Crippen LogP contribution in [0.3, 0.4) is 0 Å². The number of nitrogen functional groups attached to an aromatic ring is 1. The largest absolute Gasteiger partial charge is 0.399 e. The summed E-state index contributed by atoms with van der Waals surface area (Å²) in [6.45, 7) is 3.17. The number of nitrogens with two attached hydrogens (primary N) is 1. The van der Waals surface area contributed by atoms with Gasteiger partial charge in [-0.25, -0.2) is 0 Å². The highest BCUT2D eigenvalue weighted by atomic mass is 16.6. The lowest BCUT2D eigenvalue weighted by Crippen LogP contribution is -1.95. The number of nitrogens with one attached hydrogen (secondary N) is 1. The molecule has 0 fully saturated rings. The van der Waals surface area contributed by atoms with Crippen LogP contribution >= 0.6 is 0 Å². The Bertz CT molecular complexity index is 854. The summed E-state index contributed by atoms with van der Waals surface area (Å²) in [6.07, 6.45) is 1.71. The minimum Gasteiger partial charge on any atom is -0.399 e. The maximum atomic E-state index is 6.26. The molecule has 5 heteroatoms. The lowest BCUT2D eigenvalue weighted by molar-refractivity contribution is 0.134. The average Bonchev–Trinajstić information content (AvgIpc) is 2.98. The lowest BCUT2D eigenvalue weighted by Gasteiger charge is -2.05. The Morgan fingerprint density at radius 2 is 2.00 bits per heavy atom. The number of fused-ring (bicyclic) bond motifs is 1. The SMILES string of the molecule is CCOCc1cc(N)c2[nH]c(-c3ccccc3)c(/C=N/OC)c2c1. The molecule has 5 nitrogen and oxygen atoms in total. The van der Waals surface area contributed by atoms with Crippen molar-refractivity contribution in [1.82, 2.24) is 4.98 Å². The molecule has 24 heavy (non-hydrogen) atoms. The summed E-state index contributed by atoms with van der Waals surface area (Å²) in [5.74, 6) is 0. The van der Waals surface area contributed by atoms with Crippen LogP contribution in [0.25, 0.3) is 22.2 Å². The fraction of sp³-hybridized carbons (Fsp3) is 0.211. The Morgan fingerprint density at radius 1 is 1.21 bits per heavy atom. The number of anilines is 1. The Morgan fingerprint density at radius 3 is 2.71 bits per heavy atom. The highest BCUT2D eigenvalue weighted by Crippen LogP contribution is 2.33. The normalized spacial score (nSPS) is 11.4. The zero-order chi connectivity index (χ0) is 16.9. The van der Waals surface area contributed by atoms with Crippen molar-refractivity contribution < 1.29 is 9.57 Å². The molecule has 2 aromatic carbocycles. The zero-order valence-corrected chi connectivity index (χ0v) is 13.9. The van der Waals surface area contributed by atoms with E-state index < -0.39 is 0 Å². The van der Waals surface area contributed by atoms with Crippen molar-refractivity contribution in [2.24, 2.45) is 5.16 Å². The molecule has 0 atom stereocenters. The van der Waals surface area contributed by atoms with Crippen molar-refractivity contribution in [3.8, 4) is 11.3 Å². The van der Waals surface area contributed by atoms with E-state index in [2.05, 4.69) is 16.2 Å². The first-order valence-corrected chi connectivity index (χ1v) is 7.88. The van der Waals surface area contributed by atoms with Crippen LogP contribution in [0.4, 0.5) is 5.69 Å². The van der Waals surface area contributed by atoms with Gasteiger partial charge in [0.05, 0.1) is 29.7 Å². The second-order valence-corrected chi connectivity index (χ2v) is 5.44. The van der Waals surface area contributed by atoms with Crippen molar-refractivity contribution in [3.63, 3.8) is 0 Å². The molecule has 0 spiro atoms. The first kappa shape index (κ1) is 16.1. The van der Waals surface area contributed by atoms with Gasteiger partial charge in [0, 0.05) is 17.6 Å². The van der Waals surface area contributed by atoms with Crippen molar-refractivity contribution in [2.45, 2.75) is 13.5 Å². The second kappa shape index (κ2) is 7.19. The van der Waals surface area contributed by atoms with Gasteiger partial charge in [-0.05, 0) is 30.2 Å². The minimum atomic E-state index is 0.531. The molecule has 3 rings (SSSR count). The summed E-state index contributed by atoms with van der Waals surface area (Å²) in [5.41, 5.74) is 11.9. The zero-order valence-electron chi connectivity index (χ0n) is 13.9. The number of rotatable bonds is 6. The third-order valence-corrected chi connectivity index (χ3v) is 3.86. The predicted octanol–water partition coefficient (Wildman–Crippen LogP) is 3.93. The molecule has 124 valence electrons. The Hall–Kier alpha value is -2.79. The maximum Gasteiger partial charge on any atom is 0.106 e. The molecule has 0 aliphatic rings. The van der Waals surface area contributed by atoms with Crippen molar-refractivity contribution in [1.29, 1.82) is 0 Å². The van der Waals surface area contributed by atoms with E-state index in [9.17, 15) is 0 Å². The predicted molar refractivity (Wildman–Crippen MR) is 98.1 cm³/mol. The number of ether oxygens (including phenoxy) is 1. The van der Waals surface area contributed by atoms with Gasteiger partial charge < -0.3 is 20.3 Å². The number of benzene rings is 2. The fourth-order valence-corrected chi connectivity index (χ4v) is 2.78. The van der Waals surface area contributed by atoms with Gasteiger partial charge in [0.1, 0.15) is 7.11 Å². The Labute approximate surface area is 141 Å². The van der Waals surface area contributed by atoms with E-state index in [4.69, 9.17) is 15.3 Å². The molecule has 0 unspecified atom stereocenters. The van der Waals surface area contributed by atoms with Crippen molar-refractivity contribution in [3.05, 3.63) is 53.6 Å². The number of hydrogen-bond acceptors (Lipinski definition) is 4. The number of aromatic amines is 1. The van der Waals surface area contributed by atoms with E-state index in [0.717, 1.165) is 33.3 Å². The lowest BCUT2D eigenvalue weighted by atomic mass is 10.0. The smallest absolute Gasteiger partial charge is 0.106 e. The van der Waals surface area contributed by atoms with Crippen LogP contribution in [0.15, 0.2) is 47.6 Å². The van der Waals surface area contributed by atoms with Crippen LogP contribution in [-0.2, 0) is 16.2 Å². The van der Waals surface area contributed by atoms with Gasteiger partial charge in [-0.3, -0.25) is 0 Å². The molecule has 1 aromatic heterocycles. The van der Waals surface area contributed by atoms with Gasteiger partial charge in [0.15, 0.2) is 0 Å². The van der Waals surface area contributed by atoms with Crippen LogP contribution in [-0.4, -0.2) is 24.9 Å². The highest BCUT2D eigenvalue weighted by Gasteiger charge is 2.15. The topological polar surface area (TPSA) is 72.6 Å². The minimum absolute atomic E-state index is 0.531. The van der Waals surface area contributed by atoms with E-state index in [1.807, 2.05) is 43.3 Å². The van der Waals surface area contributed by atoms with E-state index in [0.29, 0.717) is 18.9 Å². The highest BCUT2D eigenvalue weighted by molar-refractivity contribution is 6.09. The monoisotopic (exact) mass is 323 g/mol. The molecule has 0 saturated heterocycles. The van der Waals surface area contributed by atoms with Gasteiger partial charge in [-0.2, -0.15) is 0 Å². The first-order valence-electron chi connectivity index (χ1n) is 7.88. The van der Waals surface area contributed by atoms with Crippen LogP contribution < -0.4 is 5.73 Å². The number of H-pyrrole nitrogens is 1. The number of hydrogen-bond donors (Lipinski definition) is 2. The van der Waals surface area contributed by atoms with E-state index >= 15 is 0 Å². The number of nitrogens with zero attached hydrogens (tertiary/aromatic N) is 1. The molecule has 1 heterocycles. The first-order chi connectivity index (χ1) is 11.7. The fourth-order valence-electron chi connectivity index (χ4n) is 2.78. The summed E-state index contributed by atoms with van der Waals surface area (Å²) in [6, 6.07) is 14.1. The Balaban J connectivity index is 2.21. The third-order valence-electron chi connectivity index (χ3n) is 3.86. The molecule has 0 amide bonds. The van der Waals surface area contributed by atoms with E-state index in [-0.39, 0.29) is 0 Å². The molecule has 0 aliphatic heterocycles. The van der Waals surface area contributed by atoms with Crippen molar-refractivity contribution >= 4 is 22.8 Å². The summed E-state index contributed by atoms with van der Waals surface area (Å²) in [4.78, 5) is 8.31. The molecule has 3 aromatic rings. The maximum absolute atomic E-state index is 6.26. The number of aromatic nitrogens is 1. The van der Waals surface area contributed by atoms with Gasteiger partial charge in [-0.1, -0.05) is 35.5 Å². The van der Waals surface area contributed by atoms with Gasteiger partial charge in [-0.15, -0.1) is 0 Å².